The minimum Gasteiger partial charge on any atom is -0.415 e. The van der Waals surface area contributed by atoms with Crippen LogP contribution in [0.1, 0.15) is 31.9 Å². The molecule has 1 aliphatic rings. The monoisotopic (exact) mass is 513 g/mol. The lowest BCUT2D eigenvalue weighted by Crippen LogP contribution is -2.48. The van der Waals surface area contributed by atoms with Gasteiger partial charge in [-0.15, -0.1) is 10.2 Å². The van der Waals surface area contributed by atoms with Crippen molar-refractivity contribution in [2.24, 2.45) is 0 Å². The number of benzene rings is 1. The Labute approximate surface area is 210 Å². The standard InChI is InChI=1S/C24H25F2N7O2S/c1-15(2)31-9-11-32(12-10-31)19-7-4-16(5-8-19)23-30-33(24(34)36-23)14-18-6-3-17(13-27-18)21-28-29-22(35-21)20(25)26/h3-8,13,15,20H,9-12,14H2,1-2H3. The molecule has 1 aliphatic heterocycles. The van der Waals surface area contributed by atoms with Crippen LogP contribution in [0.25, 0.3) is 22.0 Å². The van der Waals surface area contributed by atoms with E-state index >= 15 is 0 Å². The number of hydrogen-bond acceptors (Lipinski definition) is 9. The van der Waals surface area contributed by atoms with E-state index < -0.39 is 12.3 Å². The number of rotatable bonds is 7. The van der Waals surface area contributed by atoms with E-state index in [1.165, 1.54) is 16.6 Å². The second kappa shape index (κ2) is 10.2. The van der Waals surface area contributed by atoms with Crippen LogP contribution < -0.4 is 9.77 Å². The average Bonchev–Trinajstić information content (AvgIpc) is 3.52. The molecule has 1 fully saturated rings. The predicted octanol–water partition coefficient (Wildman–Crippen LogP) is 3.93. The molecule has 4 aromatic rings. The maximum atomic E-state index is 12.7. The van der Waals surface area contributed by atoms with Crippen LogP contribution in [0.3, 0.4) is 0 Å². The first-order valence-electron chi connectivity index (χ1n) is 11.6. The minimum atomic E-state index is -2.83. The average molecular weight is 514 g/mol. The molecule has 0 spiro atoms. The normalized spacial score (nSPS) is 14.8. The fourth-order valence-corrected chi connectivity index (χ4v) is 4.84. The maximum absolute atomic E-state index is 12.7. The van der Waals surface area contributed by atoms with E-state index in [-0.39, 0.29) is 17.3 Å². The Bertz CT molecular complexity index is 1360. The Morgan fingerprint density at radius 2 is 1.72 bits per heavy atom. The third kappa shape index (κ3) is 5.19. The molecular weight excluding hydrogens is 488 g/mol. The summed E-state index contributed by atoms with van der Waals surface area (Å²) in [5.41, 5.74) is 3.05. The van der Waals surface area contributed by atoms with Crippen LogP contribution in [0.15, 0.2) is 51.8 Å². The van der Waals surface area contributed by atoms with Gasteiger partial charge in [0.2, 0.25) is 5.89 Å². The number of halogens is 2. The Balaban J connectivity index is 1.25. The highest BCUT2D eigenvalue weighted by Gasteiger charge is 2.20. The van der Waals surface area contributed by atoms with Crippen LogP contribution in [0.4, 0.5) is 14.5 Å². The molecule has 9 nitrogen and oxygen atoms in total. The molecule has 0 aliphatic carbocycles. The first-order chi connectivity index (χ1) is 17.4. The van der Waals surface area contributed by atoms with Gasteiger partial charge < -0.3 is 9.32 Å². The van der Waals surface area contributed by atoms with Gasteiger partial charge in [-0.3, -0.25) is 14.7 Å². The number of hydrogen-bond donors (Lipinski definition) is 0. The van der Waals surface area contributed by atoms with E-state index in [0.717, 1.165) is 43.1 Å². The third-order valence-corrected chi connectivity index (χ3v) is 7.04. The zero-order chi connectivity index (χ0) is 25.2. The van der Waals surface area contributed by atoms with E-state index in [4.69, 9.17) is 4.42 Å². The lowest BCUT2D eigenvalue weighted by Gasteiger charge is -2.38. The highest BCUT2D eigenvalue weighted by Crippen LogP contribution is 2.25. The Morgan fingerprint density at radius 1 is 1.00 bits per heavy atom. The molecule has 5 rings (SSSR count). The van der Waals surface area contributed by atoms with Crippen molar-refractivity contribution < 1.29 is 13.2 Å². The zero-order valence-corrected chi connectivity index (χ0v) is 20.7. The van der Waals surface area contributed by atoms with Crippen LogP contribution in [-0.2, 0) is 6.54 Å². The molecule has 3 aromatic heterocycles. The molecule has 0 radical (unpaired) electrons. The number of anilines is 1. The largest absolute Gasteiger partial charge is 0.415 e. The first kappa shape index (κ1) is 24.2. The maximum Gasteiger partial charge on any atom is 0.325 e. The zero-order valence-electron chi connectivity index (χ0n) is 19.8. The molecule has 12 heteroatoms. The van der Waals surface area contributed by atoms with Crippen molar-refractivity contribution in [3.05, 3.63) is 63.8 Å². The molecule has 188 valence electrons. The lowest BCUT2D eigenvalue weighted by molar-refractivity contribution is 0.116. The Kier molecular flexibility index (Phi) is 6.88. The molecular formula is C24H25F2N7O2S. The number of aromatic nitrogens is 5. The van der Waals surface area contributed by atoms with E-state index in [0.29, 0.717) is 22.3 Å². The van der Waals surface area contributed by atoms with Gasteiger partial charge in [0.25, 0.3) is 5.89 Å². The summed E-state index contributed by atoms with van der Waals surface area (Å²) in [5, 5.41) is 12.0. The van der Waals surface area contributed by atoms with E-state index in [9.17, 15) is 13.6 Å². The van der Waals surface area contributed by atoms with E-state index in [2.05, 4.69) is 56.1 Å². The summed E-state index contributed by atoms with van der Waals surface area (Å²) in [5.74, 6) is -0.778. The van der Waals surface area contributed by atoms with Crippen molar-refractivity contribution in [1.29, 1.82) is 0 Å². The summed E-state index contributed by atoms with van der Waals surface area (Å²) in [6, 6.07) is 12.0. The summed E-state index contributed by atoms with van der Waals surface area (Å²) >= 11 is 1.08. The number of alkyl halides is 2. The van der Waals surface area contributed by atoms with E-state index in [1.54, 1.807) is 12.1 Å². The van der Waals surface area contributed by atoms with Crippen molar-refractivity contribution in [2.75, 3.05) is 31.1 Å². The highest BCUT2D eigenvalue weighted by atomic mass is 32.1. The summed E-state index contributed by atoms with van der Waals surface area (Å²) in [6.45, 7) is 8.71. The van der Waals surface area contributed by atoms with Crippen molar-refractivity contribution in [3.8, 4) is 22.0 Å². The summed E-state index contributed by atoms with van der Waals surface area (Å²) in [7, 11) is 0. The van der Waals surface area contributed by atoms with Gasteiger partial charge in [-0.25, -0.2) is 4.68 Å². The third-order valence-electron chi connectivity index (χ3n) is 6.14. The molecule has 1 saturated heterocycles. The Hall–Kier alpha value is -3.51. The van der Waals surface area contributed by atoms with E-state index in [1.807, 2.05) is 12.1 Å². The van der Waals surface area contributed by atoms with Crippen LogP contribution in [0.5, 0.6) is 0 Å². The predicted molar refractivity (Wildman–Crippen MR) is 132 cm³/mol. The second-order valence-corrected chi connectivity index (χ2v) is 9.72. The molecule has 0 N–H and O–H groups in total. The first-order valence-corrected chi connectivity index (χ1v) is 12.4. The number of piperazine rings is 1. The van der Waals surface area contributed by atoms with Crippen molar-refractivity contribution in [2.45, 2.75) is 32.9 Å². The number of pyridine rings is 1. The topological polar surface area (TPSA) is 93.2 Å². The van der Waals surface area contributed by atoms with Crippen LogP contribution in [-0.4, -0.2) is 62.1 Å². The lowest BCUT2D eigenvalue weighted by atomic mass is 10.1. The molecule has 0 bridgehead atoms. The highest BCUT2D eigenvalue weighted by molar-refractivity contribution is 7.12. The molecule has 4 heterocycles. The summed E-state index contributed by atoms with van der Waals surface area (Å²) in [4.78, 5) is 21.5. The summed E-state index contributed by atoms with van der Waals surface area (Å²) in [6.07, 6.45) is -1.39. The fraction of sp³-hybridized carbons (Fsp3) is 0.375. The van der Waals surface area contributed by atoms with Gasteiger partial charge in [-0.2, -0.15) is 13.9 Å². The smallest absolute Gasteiger partial charge is 0.325 e. The van der Waals surface area contributed by atoms with Gasteiger partial charge in [-0.1, -0.05) is 11.3 Å². The van der Waals surface area contributed by atoms with Crippen molar-refractivity contribution in [1.82, 2.24) is 29.9 Å². The van der Waals surface area contributed by atoms with Crippen LogP contribution in [0.2, 0.25) is 0 Å². The van der Waals surface area contributed by atoms with Gasteiger partial charge in [0.1, 0.15) is 5.01 Å². The minimum absolute atomic E-state index is 0.0392. The van der Waals surface area contributed by atoms with Gasteiger partial charge in [-0.05, 0) is 50.2 Å². The van der Waals surface area contributed by atoms with Gasteiger partial charge in [0, 0.05) is 49.7 Å². The number of nitrogens with zero attached hydrogens (tertiary/aromatic N) is 7. The Morgan fingerprint density at radius 3 is 2.33 bits per heavy atom. The fourth-order valence-electron chi connectivity index (χ4n) is 4.07. The van der Waals surface area contributed by atoms with Gasteiger partial charge in [0.15, 0.2) is 0 Å². The molecule has 0 saturated carbocycles. The SMILES string of the molecule is CC(C)N1CCN(c2ccc(-c3nn(Cc4ccc(-c5nnc(C(F)F)o5)cn4)c(=O)s3)cc2)CC1. The van der Waals surface area contributed by atoms with Gasteiger partial charge in [0.05, 0.1) is 17.8 Å². The van der Waals surface area contributed by atoms with Crippen molar-refractivity contribution in [3.63, 3.8) is 0 Å². The molecule has 0 amide bonds. The van der Waals surface area contributed by atoms with Crippen LogP contribution >= 0.6 is 11.3 Å². The van der Waals surface area contributed by atoms with Crippen molar-refractivity contribution >= 4 is 17.0 Å². The molecule has 0 atom stereocenters. The van der Waals surface area contributed by atoms with Crippen LogP contribution in [0, 0.1) is 0 Å². The molecule has 1 aromatic carbocycles. The quantitative estimate of drug-likeness (QED) is 0.367. The van der Waals surface area contributed by atoms with Gasteiger partial charge >= 0.3 is 11.3 Å². The molecule has 0 unspecified atom stereocenters. The second-order valence-electron chi connectivity index (χ2n) is 8.78. The molecule has 36 heavy (non-hydrogen) atoms. The summed E-state index contributed by atoms with van der Waals surface area (Å²) < 4.78 is 31.6.